The van der Waals surface area contributed by atoms with Gasteiger partial charge in [0.1, 0.15) is 10.8 Å². The molecule has 0 amide bonds. The first kappa shape index (κ1) is 16.8. The van der Waals surface area contributed by atoms with Crippen molar-refractivity contribution in [1.29, 1.82) is 0 Å². The molecule has 4 rings (SSSR count). The van der Waals surface area contributed by atoms with E-state index in [-0.39, 0.29) is 0 Å². The lowest BCUT2D eigenvalue weighted by Gasteiger charge is -2.01. The predicted octanol–water partition coefficient (Wildman–Crippen LogP) is 4.61. The zero-order valence-corrected chi connectivity index (χ0v) is 15.5. The second-order valence-electron chi connectivity index (χ2n) is 5.66. The molecule has 2 heterocycles. The minimum absolute atomic E-state index is 0.659. The summed E-state index contributed by atoms with van der Waals surface area (Å²) in [6.45, 7) is 0. The number of fused-ring (bicyclic) bond motifs is 1. The highest BCUT2D eigenvalue weighted by Crippen LogP contribution is 2.20. The van der Waals surface area contributed by atoms with Gasteiger partial charge in [0, 0.05) is 11.4 Å². The summed E-state index contributed by atoms with van der Waals surface area (Å²) in [7, 11) is 1.66. The summed E-state index contributed by atoms with van der Waals surface area (Å²) < 4.78 is 6.99. The van der Waals surface area contributed by atoms with Gasteiger partial charge >= 0.3 is 0 Å². The van der Waals surface area contributed by atoms with Crippen molar-refractivity contribution in [2.24, 2.45) is 0 Å². The average molecular weight is 383 g/mol. The van der Waals surface area contributed by atoms with E-state index in [1.54, 1.807) is 11.6 Å². The van der Waals surface area contributed by atoms with Crippen LogP contribution in [0.1, 0.15) is 22.0 Å². The number of halogens is 1. The number of methoxy groups -OCH3 is 1. The first-order valence-corrected chi connectivity index (χ1v) is 9.18. The molecule has 26 heavy (non-hydrogen) atoms. The largest absolute Gasteiger partial charge is 0.497 e. The van der Waals surface area contributed by atoms with Crippen LogP contribution in [0.4, 0.5) is 0 Å². The van der Waals surface area contributed by atoms with E-state index in [1.165, 1.54) is 11.3 Å². The van der Waals surface area contributed by atoms with E-state index >= 15 is 0 Å². The first-order chi connectivity index (χ1) is 12.7. The van der Waals surface area contributed by atoms with E-state index < -0.39 is 0 Å². The number of benzene rings is 2. The molecule has 0 unspecified atom stereocenters. The molecule has 2 aromatic heterocycles. The van der Waals surface area contributed by atoms with E-state index in [0.29, 0.717) is 11.4 Å². The summed E-state index contributed by atoms with van der Waals surface area (Å²) in [5, 5.41) is 14.7. The van der Waals surface area contributed by atoms with Crippen LogP contribution < -0.4 is 4.74 Å². The van der Waals surface area contributed by atoms with Crippen molar-refractivity contribution in [3.63, 3.8) is 0 Å². The maximum atomic E-state index is 6.01. The quantitative estimate of drug-likeness (QED) is 0.505. The second kappa shape index (κ2) is 7.27. The normalized spacial score (nSPS) is 11.5. The maximum absolute atomic E-state index is 6.01. The number of aromatic nitrogens is 4. The molecular formula is C19H15ClN4OS. The van der Waals surface area contributed by atoms with Crippen molar-refractivity contribution >= 4 is 40.1 Å². The highest BCUT2D eigenvalue weighted by molar-refractivity contribution is 7.17. The number of ether oxygens (including phenoxy) is 1. The van der Waals surface area contributed by atoms with Gasteiger partial charge in [0.25, 0.3) is 0 Å². The Morgan fingerprint density at radius 3 is 2.73 bits per heavy atom. The van der Waals surface area contributed by atoms with Crippen LogP contribution in [0.5, 0.6) is 5.75 Å². The molecule has 0 fully saturated rings. The van der Waals surface area contributed by atoms with E-state index in [4.69, 9.17) is 16.3 Å². The Morgan fingerprint density at radius 1 is 1.12 bits per heavy atom. The lowest BCUT2D eigenvalue weighted by atomic mass is 10.1. The molecule has 5 nitrogen and oxygen atoms in total. The minimum atomic E-state index is 0.659. The summed E-state index contributed by atoms with van der Waals surface area (Å²) >= 11 is 7.51. The Hall–Kier alpha value is -2.70. The third kappa shape index (κ3) is 3.61. The van der Waals surface area contributed by atoms with Crippen molar-refractivity contribution < 1.29 is 4.74 Å². The number of hydrogen-bond donors (Lipinski definition) is 0. The molecule has 0 aliphatic carbocycles. The van der Waals surface area contributed by atoms with E-state index in [1.807, 2.05) is 60.7 Å². The Labute approximate surface area is 159 Å². The molecule has 130 valence electrons. The van der Waals surface area contributed by atoms with Crippen LogP contribution in [0, 0.1) is 0 Å². The molecule has 0 saturated carbocycles. The van der Waals surface area contributed by atoms with Crippen LogP contribution in [0.15, 0.2) is 48.5 Å². The van der Waals surface area contributed by atoms with Gasteiger partial charge in [0.15, 0.2) is 5.82 Å². The first-order valence-electron chi connectivity index (χ1n) is 7.99. The van der Waals surface area contributed by atoms with Crippen LogP contribution in [0.2, 0.25) is 5.02 Å². The molecule has 0 N–H and O–H groups in total. The summed E-state index contributed by atoms with van der Waals surface area (Å²) in [5.41, 5.74) is 2.16. The third-order valence-corrected chi connectivity index (χ3v) is 4.96. The Kier molecular flexibility index (Phi) is 4.69. The third-order valence-electron chi connectivity index (χ3n) is 3.86. The van der Waals surface area contributed by atoms with Crippen LogP contribution in [0.3, 0.4) is 0 Å². The van der Waals surface area contributed by atoms with Crippen LogP contribution in [-0.2, 0) is 6.42 Å². The van der Waals surface area contributed by atoms with Gasteiger partial charge in [-0.1, -0.05) is 53.3 Å². The fourth-order valence-corrected chi connectivity index (χ4v) is 3.51. The summed E-state index contributed by atoms with van der Waals surface area (Å²) in [5.74, 6) is 1.64. The van der Waals surface area contributed by atoms with Gasteiger partial charge < -0.3 is 4.74 Å². The second-order valence-corrected chi connectivity index (χ2v) is 7.09. The Balaban J connectivity index is 1.56. The average Bonchev–Trinajstić information content (AvgIpc) is 3.22. The number of hydrogen-bond acceptors (Lipinski definition) is 5. The molecule has 0 radical (unpaired) electrons. The summed E-state index contributed by atoms with van der Waals surface area (Å²) in [6, 6.07) is 15.6. The molecule has 0 aliphatic rings. The summed E-state index contributed by atoms with van der Waals surface area (Å²) in [4.78, 5) is 0.777. The fraction of sp³-hybridized carbons (Fsp3) is 0.105. The van der Waals surface area contributed by atoms with Gasteiger partial charge in [-0.3, -0.25) is 0 Å². The summed E-state index contributed by atoms with van der Waals surface area (Å²) in [6.07, 6.45) is 4.61. The molecule has 7 heteroatoms. The number of nitrogens with zero attached hydrogens (tertiary/aromatic N) is 4. The zero-order chi connectivity index (χ0) is 17.9. The van der Waals surface area contributed by atoms with Crippen LogP contribution >= 0.6 is 22.9 Å². The van der Waals surface area contributed by atoms with E-state index in [0.717, 1.165) is 32.7 Å². The fourth-order valence-electron chi connectivity index (χ4n) is 2.55. The van der Waals surface area contributed by atoms with Gasteiger partial charge in [-0.05, 0) is 41.5 Å². The molecule has 0 aliphatic heterocycles. The Bertz CT molecular complexity index is 1070. The lowest BCUT2D eigenvalue weighted by molar-refractivity contribution is 0.414. The van der Waals surface area contributed by atoms with Crippen LogP contribution in [-0.4, -0.2) is 26.9 Å². The molecule has 0 saturated heterocycles. The highest BCUT2D eigenvalue weighted by atomic mass is 35.5. The molecule has 2 aromatic carbocycles. The monoisotopic (exact) mass is 382 g/mol. The topological polar surface area (TPSA) is 52.3 Å². The smallest absolute Gasteiger partial charge is 0.234 e. The Morgan fingerprint density at radius 2 is 1.96 bits per heavy atom. The molecule has 4 aromatic rings. The van der Waals surface area contributed by atoms with Gasteiger partial charge in [-0.2, -0.15) is 9.61 Å². The van der Waals surface area contributed by atoms with E-state index in [9.17, 15) is 0 Å². The van der Waals surface area contributed by atoms with Gasteiger partial charge in [-0.15, -0.1) is 10.2 Å². The highest BCUT2D eigenvalue weighted by Gasteiger charge is 2.11. The van der Waals surface area contributed by atoms with Crippen molar-refractivity contribution in [2.75, 3.05) is 7.11 Å². The molecule has 0 bridgehead atoms. The van der Waals surface area contributed by atoms with Crippen LogP contribution in [0.25, 0.3) is 17.1 Å². The van der Waals surface area contributed by atoms with Crippen molar-refractivity contribution in [3.8, 4) is 5.75 Å². The van der Waals surface area contributed by atoms with E-state index in [2.05, 4.69) is 15.3 Å². The van der Waals surface area contributed by atoms with Gasteiger partial charge in [0.2, 0.25) is 4.96 Å². The maximum Gasteiger partial charge on any atom is 0.234 e. The standard InChI is InChI=1S/C19H15ClN4OS/c1-25-16-8-5-14(6-9-16)12-17-21-22-19-24(17)23-18(26-19)10-7-13-3-2-4-15(20)11-13/h2-11H,12H2,1H3/b10-7+. The predicted molar refractivity (Wildman–Crippen MR) is 105 cm³/mol. The minimum Gasteiger partial charge on any atom is -0.497 e. The lowest BCUT2D eigenvalue weighted by Crippen LogP contribution is -1.97. The number of rotatable bonds is 5. The SMILES string of the molecule is COc1ccc(Cc2nnc3sc(/C=C/c4cccc(Cl)c4)nn23)cc1. The van der Waals surface area contributed by atoms with Crippen molar-refractivity contribution in [1.82, 2.24) is 19.8 Å². The molecule has 0 atom stereocenters. The van der Waals surface area contributed by atoms with Gasteiger partial charge in [0.05, 0.1) is 7.11 Å². The molecular weight excluding hydrogens is 368 g/mol. The van der Waals surface area contributed by atoms with Crippen molar-refractivity contribution in [2.45, 2.75) is 6.42 Å². The zero-order valence-electron chi connectivity index (χ0n) is 14.0. The molecule has 0 spiro atoms. The van der Waals surface area contributed by atoms with Gasteiger partial charge in [-0.25, -0.2) is 0 Å². The van der Waals surface area contributed by atoms with Crippen molar-refractivity contribution in [3.05, 3.63) is 75.5 Å².